The molecule has 1 heterocycles. The lowest BCUT2D eigenvalue weighted by Crippen LogP contribution is -2.44. The predicted molar refractivity (Wildman–Crippen MR) is 51.8 cm³/mol. The second-order valence-electron chi connectivity index (χ2n) is 4.66. The SMILES string of the molecule is CCC1CC2OC2CC1(C)OC(C)=O. The summed E-state index contributed by atoms with van der Waals surface area (Å²) in [6.45, 7) is 5.67. The normalized spacial score (nSPS) is 45.5. The molecule has 1 aliphatic carbocycles. The van der Waals surface area contributed by atoms with Gasteiger partial charge in [-0.3, -0.25) is 4.79 Å². The highest BCUT2D eigenvalue weighted by Crippen LogP contribution is 2.47. The Balaban J connectivity index is 2.08. The van der Waals surface area contributed by atoms with Gasteiger partial charge in [0.05, 0.1) is 12.2 Å². The molecule has 0 N–H and O–H groups in total. The third-order valence-corrected chi connectivity index (χ3v) is 3.54. The third kappa shape index (κ3) is 1.65. The Hall–Kier alpha value is -0.570. The molecule has 0 aromatic carbocycles. The van der Waals surface area contributed by atoms with Gasteiger partial charge in [-0.2, -0.15) is 0 Å². The summed E-state index contributed by atoms with van der Waals surface area (Å²) in [5.74, 6) is 0.278. The topological polar surface area (TPSA) is 38.8 Å². The van der Waals surface area contributed by atoms with E-state index >= 15 is 0 Å². The average Bonchev–Trinajstić information content (AvgIpc) is 2.78. The van der Waals surface area contributed by atoms with Gasteiger partial charge in [0.1, 0.15) is 5.60 Å². The molecule has 0 aromatic rings. The van der Waals surface area contributed by atoms with Crippen LogP contribution in [0.1, 0.15) is 40.0 Å². The maximum absolute atomic E-state index is 11.0. The van der Waals surface area contributed by atoms with E-state index in [0.29, 0.717) is 18.1 Å². The van der Waals surface area contributed by atoms with E-state index in [1.807, 2.05) is 6.92 Å². The number of hydrogen-bond donors (Lipinski definition) is 0. The van der Waals surface area contributed by atoms with Gasteiger partial charge >= 0.3 is 5.97 Å². The van der Waals surface area contributed by atoms with Crippen LogP contribution in [-0.4, -0.2) is 23.8 Å². The summed E-state index contributed by atoms with van der Waals surface area (Å²) in [5.41, 5.74) is -0.293. The molecule has 0 aromatic heterocycles. The number of hydrogen-bond acceptors (Lipinski definition) is 3. The molecule has 3 heteroatoms. The summed E-state index contributed by atoms with van der Waals surface area (Å²) in [4.78, 5) is 11.0. The summed E-state index contributed by atoms with van der Waals surface area (Å²) in [6.07, 6.45) is 3.77. The molecule has 1 aliphatic heterocycles. The molecule has 3 nitrogen and oxygen atoms in total. The highest BCUT2D eigenvalue weighted by atomic mass is 16.6. The largest absolute Gasteiger partial charge is 0.459 e. The maximum atomic E-state index is 11.0. The third-order valence-electron chi connectivity index (χ3n) is 3.54. The monoisotopic (exact) mass is 198 g/mol. The molecular weight excluding hydrogens is 180 g/mol. The maximum Gasteiger partial charge on any atom is 0.303 e. The van der Waals surface area contributed by atoms with Crippen LogP contribution in [-0.2, 0) is 14.3 Å². The minimum absolute atomic E-state index is 0.176. The Bertz CT molecular complexity index is 251. The van der Waals surface area contributed by atoms with Crippen molar-refractivity contribution in [3.63, 3.8) is 0 Å². The van der Waals surface area contributed by atoms with Crippen LogP contribution in [0, 0.1) is 5.92 Å². The van der Waals surface area contributed by atoms with E-state index < -0.39 is 0 Å². The lowest BCUT2D eigenvalue weighted by molar-refractivity contribution is -0.164. The highest BCUT2D eigenvalue weighted by Gasteiger charge is 2.54. The fourth-order valence-corrected chi connectivity index (χ4v) is 2.71. The van der Waals surface area contributed by atoms with Crippen LogP contribution >= 0.6 is 0 Å². The van der Waals surface area contributed by atoms with E-state index in [-0.39, 0.29) is 11.6 Å². The Kier molecular flexibility index (Phi) is 2.30. The zero-order valence-corrected chi connectivity index (χ0v) is 9.08. The van der Waals surface area contributed by atoms with Crippen molar-refractivity contribution in [1.29, 1.82) is 0 Å². The van der Waals surface area contributed by atoms with Crippen LogP contribution in [0.15, 0.2) is 0 Å². The van der Waals surface area contributed by atoms with Crippen molar-refractivity contribution in [3.8, 4) is 0 Å². The quantitative estimate of drug-likeness (QED) is 0.502. The van der Waals surface area contributed by atoms with Crippen LogP contribution in [0.2, 0.25) is 0 Å². The van der Waals surface area contributed by atoms with Gasteiger partial charge in [-0.1, -0.05) is 6.92 Å². The van der Waals surface area contributed by atoms with E-state index in [4.69, 9.17) is 9.47 Å². The molecule has 2 rings (SSSR count). The summed E-state index contributed by atoms with van der Waals surface area (Å²) in [6, 6.07) is 0. The summed E-state index contributed by atoms with van der Waals surface area (Å²) < 4.78 is 11.0. The molecule has 80 valence electrons. The van der Waals surface area contributed by atoms with Crippen molar-refractivity contribution in [2.75, 3.05) is 0 Å². The number of esters is 1. The predicted octanol–water partition coefficient (Wildman–Crippen LogP) is 1.90. The first kappa shape index (κ1) is 9.97. The molecular formula is C11H18O3. The smallest absolute Gasteiger partial charge is 0.303 e. The fourth-order valence-electron chi connectivity index (χ4n) is 2.71. The van der Waals surface area contributed by atoms with Gasteiger partial charge in [0.25, 0.3) is 0 Å². The Morgan fingerprint density at radius 1 is 1.57 bits per heavy atom. The zero-order valence-electron chi connectivity index (χ0n) is 9.08. The van der Waals surface area contributed by atoms with E-state index in [2.05, 4.69) is 6.92 Å². The lowest BCUT2D eigenvalue weighted by atomic mass is 9.75. The number of carbonyl (C=O) groups is 1. The van der Waals surface area contributed by atoms with Gasteiger partial charge in [0.15, 0.2) is 0 Å². The zero-order chi connectivity index (χ0) is 10.3. The van der Waals surface area contributed by atoms with Gasteiger partial charge in [-0.05, 0) is 19.8 Å². The molecule has 14 heavy (non-hydrogen) atoms. The number of carbonyl (C=O) groups excluding carboxylic acids is 1. The number of rotatable bonds is 2. The molecule has 1 saturated carbocycles. The van der Waals surface area contributed by atoms with Gasteiger partial charge in [-0.15, -0.1) is 0 Å². The number of fused-ring (bicyclic) bond motifs is 1. The van der Waals surface area contributed by atoms with Crippen LogP contribution in [0.3, 0.4) is 0 Å². The van der Waals surface area contributed by atoms with Crippen molar-refractivity contribution in [2.45, 2.75) is 57.8 Å². The number of ether oxygens (including phenoxy) is 2. The summed E-state index contributed by atoms with van der Waals surface area (Å²) in [7, 11) is 0. The number of epoxide rings is 1. The van der Waals surface area contributed by atoms with E-state index in [0.717, 1.165) is 19.3 Å². The molecule has 0 radical (unpaired) electrons. The van der Waals surface area contributed by atoms with Crippen molar-refractivity contribution in [1.82, 2.24) is 0 Å². The molecule has 1 saturated heterocycles. The van der Waals surface area contributed by atoms with E-state index in [1.54, 1.807) is 0 Å². The first-order valence-corrected chi connectivity index (χ1v) is 5.40. The lowest BCUT2D eigenvalue weighted by Gasteiger charge is -2.38. The van der Waals surface area contributed by atoms with Crippen molar-refractivity contribution >= 4 is 5.97 Å². The van der Waals surface area contributed by atoms with Gasteiger partial charge in [-0.25, -0.2) is 0 Å². The van der Waals surface area contributed by atoms with Gasteiger partial charge in [0, 0.05) is 19.3 Å². The molecule has 0 bridgehead atoms. The molecule has 2 fully saturated rings. The van der Waals surface area contributed by atoms with Crippen LogP contribution in [0.4, 0.5) is 0 Å². The van der Waals surface area contributed by atoms with Crippen molar-refractivity contribution in [3.05, 3.63) is 0 Å². The van der Waals surface area contributed by atoms with Crippen LogP contribution < -0.4 is 0 Å². The first-order valence-electron chi connectivity index (χ1n) is 5.40. The van der Waals surface area contributed by atoms with Crippen molar-refractivity contribution < 1.29 is 14.3 Å². The second kappa shape index (κ2) is 3.23. The Morgan fingerprint density at radius 2 is 2.29 bits per heavy atom. The van der Waals surface area contributed by atoms with Gasteiger partial charge < -0.3 is 9.47 Å². The molecule has 0 spiro atoms. The van der Waals surface area contributed by atoms with Crippen LogP contribution in [0.5, 0.6) is 0 Å². The molecule has 4 unspecified atom stereocenters. The summed E-state index contributed by atoms with van der Waals surface area (Å²) in [5, 5.41) is 0. The standard InChI is InChI=1S/C11H18O3/c1-4-8-5-9-10(13-9)6-11(8,3)14-7(2)12/h8-10H,4-6H2,1-3H3. The summed E-state index contributed by atoms with van der Waals surface area (Å²) >= 11 is 0. The Labute approximate surface area is 84.8 Å². The molecule has 4 atom stereocenters. The Morgan fingerprint density at radius 3 is 2.86 bits per heavy atom. The van der Waals surface area contributed by atoms with Crippen molar-refractivity contribution in [2.24, 2.45) is 5.92 Å². The minimum atomic E-state index is -0.293. The van der Waals surface area contributed by atoms with E-state index in [1.165, 1.54) is 6.92 Å². The molecule has 2 aliphatic rings. The fraction of sp³-hybridized carbons (Fsp3) is 0.909. The highest BCUT2D eigenvalue weighted by molar-refractivity contribution is 5.66. The van der Waals surface area contributed by atoms with Gasteiger partial charge in [0.2, 0.25) is 0 Å². The minimum Gasteiger partial charge on any atom is -0.459 e. The van der Waals surface area contributed by atoms with Crippen LogP contribution in [0.25, 0.3) is 0 Å². The van der Waals surface area contributed by atoms with E-state index in [9.17, 15) is 4.79 Å². The average molecular weight is 198 g/mol. The second-order valence-corrected chi connectivity index (χ2v) is 4.66. The first-order chi connectivity index (χ1) is 6.55. The molecule has 0 amide bonds.